The molecule has 520 valence electrons. The van der Waals surface area contributed by atoms with E-state index in [1.54, 1.807) is 0 Å². The van der Waals surface area contributed by atoms with E-state index in [0.717, 1.165) is 64.2 Å². The second kappa shape index (κ2) is 51.9. The summed E-state index contributed by atoms with van der Waals surface area (Å²) < 4.78 is 34.4. The molecule has 0 aromatic rings. The first-order chi connectivity index (χ1) is 42.8. The molecule has 0 spiro atoms. The van der Waals surface area contributed by atoms with E-state index in [1.807, 2.05) is 0 Å². The van der Waals surface area contributed by atoms with Gasteiger partial charge >= 0.3 is 0 Å². The first-order valence-electron chi connectivity index (χ1n) is 35.9. The summed E-state index contributed by atoms with van der Waals surface area (Å²) in [5.74, 6) is -0.249. The van der Waals surface area contributed by atoms with E-state index >= 15 is 0 Å². The summed E-state index contributed by atoms with van der Waals surface area (Å²) in [6.07, 6.45) is 30.3. The number of allylic oxidation sites excluding steroid dienone is 2. The van der Waals surface area contributed by atoms with Gasteiger partial charge in [0, 0.05) is 6.42 Å². The summed E-state index contributed by atoms with van der Waals surface area (Å²) in [7, 11) is 0. The predicted molar refractivity (Wildman–Crippen MR) is 342 cm³/mol. The van der Waals surface area contributed by atoms with E-state index in [9.17, 15) is 61.0 Å². The number of unbranched alkanes of at least 4 members (excludes halogenated alkanes) is 38. The molecular formula is C69H131NO18. The molecule has 3 rings (SSSR count). The zero-order chi connectivity index (χ0) is 64.0. The van der Waals surface area contributed by atoms with Crippen molar-refractivity contribution in [2.24, 2.45) is 0 Å². The van der Waals surface area contributed by atoms with E-state index in [0.29, 0.717) is 12.8 Å². The van der Waals surface area contributed by atoms with Crippen LogP contribution in [0.5, 0.6) is 0 Å². The van der Waals surface area contributed by atoms with Gasteiger partial charge in [0.15, 0.2) is 18.9 Å². The van der Waals surface area contributed by atoms with Gasteiger partial charge in [-0.15, -0.1) is 0 Å². The summed E-state index contributed by atoms with van der Waals surface area (Å²) >= 11 is 0. The van der Waals surface area contributed by atoms with Crippen LogP contribution < -0.4 is 5.32 Å². The smallest absolute Gasteiger partial charge is 0.220 e. The van der Waals surface area contributed by atoms with Gasteiger partial charge in [-0.2, -0.15) is 0 Å². The van der Waals surface area contributed by atoms with Crippen LogP contribution in [-0.2, 0) is 33.2 Å². The number of carbonyl (C=O) groups excluding carboxylic acids is 1. The fourth-order valence-electron chi connectivity index (χ4n) is 12.5. The molecule has 3 heterocycles. The summed E-state index contributed by atoms with van der Waals surface area (Å²) in [6, 6.07) is -0.889. The zero-order valence-corrected chi connectivity index (χ0v) is 55.0. The summed E-state index contributed by atoms with van der Waals surface area (Å²) in [6.45, 7) is 1.80. The van der Waals surface area contributed by atoms with E-state index in [2.05, 4.69) is 31.3 Å². The van der Waals surface area contributed by atoms with Crippen LogP contribution in [0.1, 0.15) is 290 Å². The molecule has 12 N–H and O–H groups in total. The second-order valence-corrected chi connectivity index (χ2v) is 26.1. The van der Waals surface area contributed by atoms with E-state index < -0.39 is 124 Å². The Labute approximate surface area is 531 Å². The number of rotatable bonds is 56. The second-order valence-electron chi connectivity index (χ2n) is 26.1. The van der Waals surface area contributed by atoms with Gasteiger partial charge < -0.3 is 89.9 Å². The third-order valence-electron chi connectivity index (χ3n) is 18.3. The summed E-state index contributed by atoms with van der Waals surface area (Å²) in [4.78, 5) is 13.4. The molecule has 0 saturated carbocycles. The molecule has 0 aromatic heterocycles. The molecule has 0 aromatic carbocycles. The van der Waals surface area contributed by atoms with Crippen LogP contribution >= 0.6 is 0 Å². The molecule has 3 fully saturated rings. The number of ether oxygens (including phenoxy) is 6. The molecule has 17 unspecified atom stereocenters. The highest BCUT2D eigenvalue weighted by Crippen LogP contribution is 2.33. The molecule has 3 aliphatic heterocycles. The molecular weight excluding hydrogens is 1130 g/mol. The van der Waals surface area contributed by atoms with E-state index in [1.165, 1.54) is 193 Å². The molecule has 19 heteroatoms. The van der Waals surface area contributed by atoms with Gasteiger partial charge in [-0.1, -0.05) is 257 Å². The third kappa shape index (κ3) is 33.6. The van der Waals surface area contributed by atoms with Crippen LogP contribution in [0.2, 0.25) is 0 Å². The predicted octanol–water partition coefficient (Wildman–Crippen LogP) is 9.67. The van der Waals surface area contributed by atoms with Gasteiger partial charge in [-0.25, -0.2) is 0 Å². The molecule has 0 bridgehead atoms. The van der Waals surface area contributed by atoms with E-state index in [4.69, 9.17) is 28.4 Å². The average molecular weight is 1260 g/mol. The zero-order valence-electron chi connectivity index (χ0n) is 55.0. The monoisotopic (exact) mass is 1260 g/mol. The van der Waals surface area contributed by atoms with Crippen LogP contribution in [0.4, 0.5) is 0 Å². The van der Waals surface area contributed by atoms with Crippen LogP contribution in [0, 0.1) is 0 Å². The highest BCUT2D eigenvalue weighted by Gasteiger charge is 2.53. The third-order valence-corrected chi connectivity index (χ3v) is 18.3. The number of aliphatic hydroxyl groups excluding tert-OH is 11. The van der Waals surface area contributed by atoms with Gasteiger partial charge in [0.25, 0.3) is 0 Å². The van der Waals surface area contributed by atoms with Crippen molar-refractivity contribution in [2.45, 2.75) is 394 Å². The average Bonchev–Trinajstić information content (AvgIpc) is 1.80. The van der Waals surface area contributed by atoms with Gasteiger partial charge in [-0.05, 0) is 38.5 Å². The maximum absolute atomic E-state index is 13.4. The van der Waals surface area contributed by atoms with Gasteiger partial charge in [0.05, 0.1) is 38.6 Å². The first-order valence-corrected chi connectivity index (χ1v) is 35.9. The molecule has 1 amide bonds. The van der Waals surface area contributed by atoms with Crippen molar-refractivity contribution in [3.63, 3.8) is 0 Å². The lowest BCUT2D eigenvalue weighted by Crippen LogP contribution is -2.66. The molecule has 3 aliphatic rings. The number of amides is 1. The molecule has 88 heavy (non-hydrogen) atoms. The Morgan fingerprint density at radius 3 is 1.11 bits per heavy atom. The fraction of sp³-hybridized carbons (Fsp3) is 0.957. The van der Waals surface area contributed by atoms with Crippen molar-refractivity contribution in [2.75, 3.05) is 26.4 Å². The van der Waals surface area contributed by atoms with Crippen LogP contribution in [0.25, 0.3) is 0 Å². The Morgan fingerprint density at radius 1 is 0.398 bits per heavy atom. The van der Waals surface area contributed by atoms with E-state index in [-0.39, 0.29) is 18.9 Å². The topological polar surface area (TPSA) is 307 Å². The Kier molecular flexibility index (Phi) is 47.6. The van der Waals surface area contributed by atoms with Gasteiger partial charge in [0.2, 0.25) is 5.91 Å². The first kappa shape index (κ1) is 80.8. The minimum absolute atomic E-state index is 0.249. The van der Waals surface area contributed by atoms with Crippen LogP contribution in [-0.4, -0.2) is 193 Å². The maximum Gasteiger partial charge on any atom is 0.220 e. The number of hydrogen-bond donors (Lipinski definition) is 12. The highest BCUT2D eigenvalue weighted by molar-refractivity contribution is 5.76. The van der Waals surface area contributed by atoms with Crippen molar-refractivity contribution < 1.29 is 89.4 Å². The fourth-order valence-corrected chi connectivity index (χ4v) is 12.5. The number of hydrogen-bond acceptors (Lipinski definition) is 18. The maximum atomic E-state index is 13.4. The lowest BCUT2D eigenvalue weighted by atomic mass is 9.96. The Hall–Kier alpha value is -1.47. The van der Waals surface area contributed by atoms with Crippen molar-refractivity contribution in [1.29, 1.82) is 0 Å². The Balaban J connectivity index is 1.37. The molecule has 17 atom stereocenters. The Bertz CT molecular complexity index is 1650. The van der Waals surface area contributed by atoms with Crippen molar-refractivity contribution >= 4 is 5.91 Å². The SMILES string of the molecule is CCCCCC/C=C\CCCCCCCC(=O)NC(COC1OC(CO)C(OC2OC(CO)C(OC3OC(CO)C(O)C(O)C3O)C(O)C2O)C(O)C1O)C(O)CCCCCCCCCCCCCCCCCCCCCCCCCCCCCCCC. The molecule has 19 nitrogen and oxygen atoms in total. The standard InChI is InChI=1S/C69H131NO18/c1-3-5-7-9-11-13-15-17-18-19-20-21-22-23-24-25-26-27-28-29-30-31-32-33-35-36-38-40-42-44-46-53(74)52(70-57(75)47-45-43-41-39-37-34-16-14-12-10-8-6-4-2)51-83-67-63(81)60(78)65(55(49-72)85-67)88-69-64(82)61(79)66(56(50-73)86-69)87-68-62(80)59(77)58(76)54(48-71)84-68/h14,16,52-56,58-69,71-74,76-82H,3-13,15,17-51H2,1-2H3,(H,70,75)/b16-14-. The lowest BCUT2D eigenvalue weighted by molar-refractivity contribution is -0.379. The minimum atomic E-state index is -1.97. The summed E-state index contributed by atoms with van der Waals surface area (Å²) in [5.41, 5.74) is 0. The molecule has 0 aliphatic carbocycles. The summed E-state index contributed by atoms with van der Waals surface area (Å²) in [5, 5.41) is 121. The molecule has 0 radical (unpaired) electrons. The van der Waals surface area contributed by atoms with Crippen molar-refractivity contribution in [3.8, 4) is 0 Å². The Morgan fingerprint density at radius 2 is 0.716 bits per heavy atom. The van der Waals surface area contributed by atoms with Crippen LogP contribution in [0.15, 0.2) is 12.2 Å². The van der Waals surface area contributed by atoms with Crippen molar-refractivity contribution in [1.82, 2.24) is 5.32 Å². The number of nitrogens with one attached hydrogen (secondary N) is 1. The quantitative estimate of drug-likeness (QED) is 0.0199. The highest BCUT2D eigenvalue weighted by atomic mass is 16.8. The normalized spacial score (nSPS) is 28.4. The number of aliphatic hydroxyl groups is 11. The largest absolute Gasteiger partial charge is 0.394 e. The van der Waals surface area contributed by atoms with Crippen LogP contribution in [0.3, 0.4) is 0 Å². The molecule has 3 saturated heterocycles. The number of carbonyl (C=O) groups is 1. The van der Waals surface area contributed by atoms with Gasteiger partial charge in [-0.3, -0.25) is 4.79 Å². The lowest BCUT2D eigenvalue weighted by Gasteiger charge is -2.48. The van der Waals surface area contributed by atoms with Gasteiger partial charge in [0.1, 0.15) is 73.2 Å². The minimum Gasteiger partial charge on any atom is -0.394 e. The van der Waals surface area contributed by atoms with Crippen molar-refractivity contribution in [3.05, 3.63) is 12.2 Å².